The lowest BCUT2D eigenvalue weighted by molar-refractivity contribution is -0.0163. The molecule has 1 aliphatic carbocycles. The maximum atomic E-state index is 5.71. The van der Waals surface area contributed by atoms with Crippen LogP contribution in [-0.2, 0) is 10.3 Å². The van der Waals surface area contributed by atoms with Crippen molar-refractivity contribution >= 4 is 21.7 Å². The molecule has 5 heteroatoms. The fourth-order valence-electron chi connectivity index (χ4n) is 2.39. The molecule has 0 radical (unpaired) electrons. The zero-order valence-electron chi connectivity index (χ0n) is 10.5. The van der Waals surface area contributed by atoms with Gasteiger partial charge in [-0.1, -0.05) is 0 Å². The molecule has 1 aliphatic rings. The molecule has 1 N–H and O–H groups in total. The summed E-state index contributed by atoms with van der Waals surface area (Å²) < 4.78 is 6.64. The van der Waals surface area contributed by atoms with Crippen LogP contribution in [0.5, 0.6) is 0 Å². The molecule has 4 nitrogen and oxygen atoms in total. The Kier molecular flexibility index (Phi) is 3.68. The predicted molar refractivity (Wildman–Crippen MR) is 71.2 cm³/mol. The van der Waals surface area contributed by atoms with Gasteiger partial charge in [0, 0.05) is 14.2 Å². The molecule has 0 aromatic carbocycles. The van der Waals surface area contributed by atoms with Gasteiger partial charge in [-0.15, -0.1) is 0 Å². The minimum atomic E-state index is -0.281. The summed E-state index contributed by atoms with van der Waals surface area (Å²) >= 11 is 3.49. The van der Waals surface area contributed by atoms with Crippen LogP contribution in [0.2, 0.25) is 0 Å². The van der Waals surface area contributed by atoms with Crippen molar-refractivity contribution < 1.29 is 4.74 Å². The summed E-state index contributed by atoms with van der Waals surface area (Å²) in [7, 11) is 3.62. The maximum Gasteiger partial charge on any atom is 0.162 e. The third-order valence-electron chi connectivity index (χ3n) is 3.46. The predicted octanol–water partition coefficient (Wildman–Crippen LogP) is 3.00. The molecule has 94 valence electrons. The Morgan fingerprint density at radius 3 is 2.47 bits per heavy atom. The van der Waals surface area contributed by atoms with Gasteiger partial charge in [0.25, 0.3) is 0 Å². The Bertz CT molecular complexity index is 416. The summed E-state index contributed by atoms with van der Waals surface area (Å²) in [6.45, 7) is 1.98. The normalized spacial score (nSPS) is 18.4. The third-order valence-corrected chi connectivity index (χ3v) is 4.41. The van der Waals surface area contributed by atoms with Crippen LogP contribution in [0.4, 0.5) is 5.82 Å². The highest BCUT2D eigenvalue weighted by Gasteiger charge is 2.39. The number of nitrogens with zero attached hydrogens (tertiary/aromatic N) is 2. The standard InChI is InChI=1S/C12H18BrN3O/c1-8-9(13)10(14-2)16-11(15-8)12(17-3)6-4-5-7-12/h4-7H2,1-3H3,(H,14,15,16). The minimum Gasteiger partial charge on any atom is -0.372 e. The van der Waals surface area contributed by atoms with Gasteiger partial charge in [-0.3, -0.25) is 0 Å². The SMILES string of the molecule is CNc1nc(C2(OC)CCCC2)nc(C)c1Br. The van der Waals surface area contributed by atoms with Crippen molar-refractivity contribution in [3.8, 4) is 0 Å². The van der Waals surface area contributed by atoms with E-state index < -0.39 is 0 Å². The molecule has 1 aromatic heterocycles. The summed E-state index contributed by atoms with van der Waals surface area (Å²) in [6, 6.07) is 0. The fraction of sp³-hybridized carbons (Fsp3) is 0.667. The van der Waals surface area contributed by atoms with Gasteiger partial charge in [-0.05, 0) is 48.5 Å². The van der Waals surface area contributed by atoms with Crippen LogP contribution in [0, 0.1) is 6.92 Å². The Morgan fingerprint density at radius 2 is 1.94 bits per heavy atom. The average Bonchev–Trinajstić information content (AvgIpc) is 2.82. The number of aryl methyl sites for hydroxylation is 1. The molecule has 1 saturated carbocycles. The molecule has 1 fully saturated rings. The zero-order valence-corrected chi connectivity index (χ0v) is 12.1. The van der Waals surface area contributed by atoms with Crippen molar-refractivity contribution in [1.82, 2.24) is 9.97 Å². The van der Waals surface area contributed by atoms with Crippen LogP contribution in [0.25, 0.3) is 0 Å². The van der Waals surface area contributed by atoms with E-state index in [1.165, 1.54) is 12.8 Å². The van der Waals surface area contributed by atoms with Crippen LogP contribution in [0.15, 0.2) is 4.47 Å². The van der Waals surface area contributed by atoms with E-state index >= 15 is 0 Å². The van der Waals surface area contributed by atoms with E-state index in [1.807, 2.05) is 14.0 Å². The van der Waals surface area contributed by atoms with E-state index in [0.717, 1.165) is 34.7 Å². The molecule has 0 aliphatic heterocycles. The lowest BCUT2D eigenvalue weighted by Crippen LogP contribution is -2.28. The van der Waals surface area contributed by atoms with E-state index in [0.29, 0.717) is 0 Å². The lowest BCUT2D eigenvalue weighted by atomic mass is 10.0. The minimum absolute atomic E-state index is 0.281. The molecular formula is C12H18BrN3O. The van der Waals surface area contributed by atoms with Crippen molar-refractivity contribution in [2.24, 2.45) is 0 Å². The highest BCUT2D eigenvalue weighted by atomic mass is 79.9. The topological polar surface area (TPSA) is 47.0 Å². The number of nitrogens with one attached hydrogen (secondary N) is 1. The van der Waals surface area contributed by atoms with Crippen molar-refractivity contribution in [1.29, 1.82) is 0 Å². The van der Waals surface area contributed by atoms with Crippen molar-refractivity contribution in [3.63, 3.8) is 0 Å². The first-order valence-electron chi connectivity index (χ1n) is 5.90. The smallest absolute Gasteiger partial charge is 0.162 e. The highest BCUT2D eigenvalue weighted by molar-refractivity contribution is 9.10. The third kappa shape index (κ3) is 2.18. The molecule has 0 atom stereocenters. The number of aromatic nitrogens is 2. The molecule has 17 heavy (non-hydrogen) atoms. The highest BCUT2D eigenvalue weighted by Crippen LogP contribution is 2.41. The average molecular weight is 300 g/mol. The van der Waals surface area contributed by atoms with Gasteiger partial charge < -0.3 is 10.1 Å². The molecule has 2 rings (SSSR count). The van der Waals surface area contributed by atoms with Crippen molar-refractivity contribution in [3.05, 3.63) is 16.0 Å². The second-order valence-electron chi connectivity index (χ2n) is 4.45. The first-order chi connectivity index (χ1) is 8.13. The number of hydrogen-bond acceptors (Lipinski definition) is 4. The van der Waals surface area contributed by atoms with Crippen LogP contribution in [-0.4, -0.2) is 24.1 Å². The van der Waals surface area contributed by atoms with E-state index in [2.05, 4.69) is 31.2 Å². The van der Waals surface area contributed by atoms with Gasteiger partial charge >= 0.3 is 0 Å². The van der Waals surface area contributed by atoms with Crippen LogP contribution in [0.1, 0.15) is 37.2 Å². The number of hydrogen-bond donors (Lipinski definition) is 1. The van der Waals surface area contributed by atoms with E-state index in [-0.39, 0.29) is 5.60 Å². The fourth-order valence-corrected chi connectivity index (χ4v) is 2.77. The summed E-state index contributed by atoms with van der Waals surface area (Å²) in [5.74, 6) is 1.64. The second-order valence-corrected chi connectivity index (χ2v) is 5.24. The molecule has 1 aromatic rings. The number of anilines is 1. The maximum absolute atomic E-state index is 5.71. The van der Waals surface area contributed by atoms with Crippen LogP contribution >= 0.6 is 15.9 Å². The monoisotopic (exact) mass is 299 g/mol. The van der Waals surface area contributed by atoms with E-state index in [1.54, 1.807) is 7.11 Å². The van der Waals surface area contributed by atoms with Gasteiger partial charge in [0.1, 0.15) is 11.4 Å². The number of rotatable bonds is 3. The Labute approximate surface area is 110 Å². The van der Waals surface area contributed by atoms with Gasteiger partial charge in [-0.25, -0.2) is 9.97 Å². The zero-order chi connectivity index (χ0) is 12.5. The van der Waals surface area contributed by atoms with Crippen LogP contribution < -0.4 is 5.32 Å². The van der Waals surface area contributed by atoms with E-state index in [4.69, 9.17) is 4.74 Å². The molecule has 0 bridgehead atoms. The number of ether oxygens (including phenoxy) is 1. The molecule has 0 amide bonds. The van der Waals surface area contributed by atoms with Crippen molar-refractivity contribution in [2.75, 3.05) is 19.5 Å². The number of methoxy groups -OCH3 is 1. The van der Waals surface area contributed by atoms with Gasteiger partial charge in [0.15, 0.2) is 5.82 Å². The second kappa shape index (κ2) is 4.90. The Morgan fingerprint density at radius 1 is 1.29 bits per heavy atom. The molecular weight excluding hydrogens is 282 g/mol. The quantitative estimate of drug-likeness (QED) is 0.932. The van der Waals surface area contributed by atoms with Gasteiger partial charge in [-0.2, -0.15) is 0 Å². The summed E-state index contributed by atoms with van der Waals surface area (Å²) in [5, 5.41) is 3.09. The summed E-state index contributed by atoms with van der Waals surface area (Å²) in [5.41, 5.74) is 0.666. The van der Waals surface area contributed by atoms with Crippen LogP contribution in [0.3, 0.4) is 0 Å². The first-order valence-corrected chi connectivity index (χ1v) is 6.70. The van der Waals surface area contributed by atoms with E-state index in [9.17, 15) is 0 Å². The Balaban J connectivity index is 2.48. The molecule has 1 heterocycles. The van der Waals surface area contributed by atoms with Crippen molar-refractivity contribution in [2.45, 2.75) is 38.2 Å². The van der Waals surface area contributed by atoms with Gasteiger partial charge in [0.05, 0.1) is 10.2 Å². The molecule has 0 spiro atoms. The molecule has 0 saturated heterocycles. The molecule has 0 unspecified atom stereocenters. The summed E-state index contributed by atoms with van der Waals surface area (Å²) in [4.78, 5) is 9.17. The lowest BCUT2D eigenvalue weighted by Gasteiger charge is -2.26. The number of halogens is 1. The largest absolute Gasteiger partial charge is 0.372 e. The Hall–Kier alpha value is -0.680. The first kappa shape index (κ1) is 12.8. The summed E-state index contributed by atoms with van der Waals surface area (Å²) in [6.07, 6.45) is 4.38. The van der Waals surface area contributed by atoms with Gasteiger partial charge in [0.2, 0.25) is 0 Å².